The van der Waals surface area contributed by atoms with Crippen molar-refractivity contribution in [1.82, 2.24) is 10.4 Å². The zero-order chi connectivity index (χ0) is 23.3. The van der Waals surface area contributed by atoms with Crippen LogP contribution in [-0.2, 0) is 19.4 Å². The number of nitrogens with zero attached hydrogens (tertiary/aromatic N) is 3. The molecule has 1 saturated carbocycles. The Morgan fingerprint density at radius 3 is 2.48 bits per heavy atom. The van der Waals surface area contributed by atoms with E-state index in [9.17, 15) is 18.0 Å². The van der Waals surface area contributed by atoms with Gasteiger partial charge in [0.15, 0.2) is 9.84 Å². The van der Waals surface area contributed by atoms with Crippen LogP contribution in [0, 0.1) is 0 Å². The average Bonchev–Trinajstić information content (AvgIpc) is 3.42. The Labute approximate surface area is 194 Å². The van der Waals surface area contributed by atoms with E-state index in [2.05, 4.69) is 5.43 Å². The number of hydrogen-bond donors (Lipinski definition) is 1. The number of fused-ring (bicyclic) bond motifs is 1. The topological polar surface area (TPSA) is 99.3 Å². The fraction of sp³-hybridized carbons (Fsp3) is 0.652. The summed E-state index contributed by atoms with van der Waals surface area (Å²) in [7, 11) is -2.89. The van der Waals surface area contributed by atoms with Gasteiger partial charge in [0.25, 0.3) is 0 Å². The minimum Gasteiger partial charge on any atom is -0.446 e. The van der Waals surface area contributed by atoms with Crippen molar-refractivity contribution < 1.29 is 22.7 Å². The van der Waals surface area contributed by atoms with Crippen LogP contribution in [0.3, 0.4) is 0 Å². The standard InChI is InChI=1S/C23H32N4O5S/c1-15-11-25(23(29)32-20-5-3-4-6-20)22-9-17(7-8-21(22)27(15)16(2)28)18-10-24-26(12-18)19-13-33(30,31)14-19/h7-9,15,18-20,24H,3-6,10-14H2,1-2H3. The first-order valence-corrected chi connectivity index (χ1v) is 13.7. The molecule has 1 aromatic rings. The molecule has 4 aliphatic rings. The summed E-state index contributed by atoms with van der Waals surface area (Å²) >= 11 is 0. The number of nitrogens with one attached hydrogen (secondary N) is 1. The fourth-order valence-electron chi connectivity index (χ4n) is 5.57. The fourth-order valence-corrected chi connectivity index (χ4v) is 7.01. The highest BCUT2D eigenvalue weighted by molar-refractivity contribution is 7.92. The molecule has 2 saturated heterocycles. The van der Waals surface area contributed by atoms with Crippen LogP contribution in [0.2, 0.25) is 0 Å². The van der Waals surface area contributed by atoms with Crippen molar-refractivity contribution in [3.8, 4) is 0 Å². The monoisotopic (exact) mass is 476 g/mol. The third kappa shape index (κ3) is 4.36. The number of sulfone groups is 1. The van der Waals surface area contributed by atoms with E-state index < -0.39 is 9.84 Å². The van der Waals surface area contributed by atoms with Gasteiger partial charge in [-0.15, -0.1) is 0 Å². The maximum absolute atomic E-state index is 13.1. The third-order valence-corrected chi connectivity index (χ3v) is 9.11. The van der Waals surface area contributed by atoms with E-state index in [1.807, 2.05) is 30.1 Å². The number of rotatable bonds is 3. The number of hydrogen-bond acceptors (Lipinski definition) is 7. The molecule has 33 heavy (non-hydrogen) atoms. The molecule has 9 nitrogen and oxygen atoms in total. The van der Waals surface area contributed by atoms with E-state index >= 15 is 0 Å². The van der Waals surface area contributed by atoms with E-state index in [-0.39, 0.29) is 47.6 Å². The number of carbonyl (C=O) groups is 2. The highest BCUT2D eigenvalue weighted by Crippen LogP contribution is 2.39. The van der Waals surface area contributed by atoms with Crippen LogP contribution < -0.4 is 15.2 Å². The Balaban J connectivity index is 1.39. The molecule has 5 rings (SSSR count). The third-order valence-electron chi connectivity index (χ3n) is 7.33. The quantitative estimate of drug-likeness (QED) is 0.713. The summed E-state index contributed by atoms with van der Waals surface area (Å²) in [5, 5.41) is 2.03. The molecule has 10 heteroatoms. The summed E-state index contributed by atoms with van der Waals surface area (Å²) in [6.07, 6.45) is 3.60. The predicted octanol–water partition coefficient (Wildman–Crippen LogP) is 2.03. The molecule has 180 valence electrons. The Kier molecular flexibility index (Phi) is 5.86. The molecule has 0 spiro atoms. The number of ether oxygens (including phenoxy) is 1. The Morgan fingerprint density at radius 1 is 1.09 bits per heavy atom. The molecule has 1 aromatic carbocycles. The SMILES string of the molecule is CC(=O)N1c2ccc(C3CNN(C4CS(=O)(=O)C4)C3)cc2N(C(=O)OC2CCCC2)CC1C. The van der Waals surface area contributed by atoms with Gasteiger partial charge in [-0.25, -0.2) is 18.2 Å². The Hall–Kier alpha value is -2.17. The highest BCUT2D eigenvalue weighted by Gasteiger charge is 2.41. The zero-order valence-electron chi connectivity index (χ0n) is 19.2. The van der Waals surface area contributed by atoms with Gasteiger partial charge in [0.1, 0.15) is 6.10 Å². The molecular weight excluding hydrogens is 444 g/mol. The van der Waals surface area contributed by atoms with E-state index in [1.54, 1.807) is 16.7 Å². The molecule has 3 fully saturated rings. The molecule has 1 N–H and O–H groups in total. The average molecular weight is 477 g/mol. The van der Waals surface area contributed by atoms with E-state index in [4.69, 9.17) is 4.74 Å². The van der Waals surface area contributed by atoms with Crippen LogP contribution in [-0.4, -0.2) is 74.8 Å². The number of benzene rings is 1. The normalized spacial score (nSPS) is 27.9. The second kappa shape index (κ2) is 8.56. The molecule has 0 aromatic heterocycles. The van der Waals surface area contributed by atoms with E-state index in [0.717, 1.165) is 36.9 Å². The van der Waals surface area contributed by atoms with Gasteiger partial charge in [0.2, 0.25) is 5.91 Å². The van der Waals surface area contributed by atoms with Crippen molar-refractivity contribution in [3.05, 3.63) is 23.8 Å². The molecule has 1 aliphatic carbocycles. The van der Waals surface area contributed by atoms with Gasteiger partial charge in [-0.2, -0.15) is 0 Å². The number of anilines is 2. The van der Waals surface area contributed by atoms with Crippen molar-refractivity contribution in [2.75, 3.05) is 40.9 Å². The predicted molar refractivity (Wildman–Crippen MR) is 125 cm³/mol. The van der Waals surface area contributed by atoms with Crippen molar-refractivity contribution >= 4 is 33.2 Å². The van der Waals surface area contributed by atoms with Gasteiger partial charge in [-0.05, 0) is 50.3 Å². The second-order valence-electron chi connectivity index (χ2n) is 9.83. The molecule has 2 amide bonds. The maximum atomic E-state index is 13.1. The van der Waals surface area contributed by atoms with Crippen molar-refractivity contribution in [3.63, 3.8) is 0 Å². The smallest absolute Gasteiger partial charge is 0.414 e. The van der Waals surface area contributed by atoms with Gasteiger partial charge in [-0.1, -0.05) is 6.07 Å². The molecule has 3 aliphatic heterocycles. The van der Waals surface area contributed by atoms with Crippen LogP contribution in [0.5, 0.6) is 0 Å². The molecule has 2 unspecified atom stereocenters. The summed E-state index contributed by atoms with van der Waals surface area (Å²) in [5.74, 6) is 0.503. The first-order valence-electron chi connectivity index (χ1n) is 11.8. The lowest BCUT2D eigenvalue weighted by atomic mass is 9.96. The molecular formula is C23H32N4O5S. The summed E-state index contributed by atoms with van der Waals surface area (Å²) in [6.45, 7) is 5.29. The summed E-state index contributed by atoms with van der Waals surface area (Å²) in [4.78, 5) is 29.0. The largest absolute Gasteiger partial charge is 0.446 e. The van der Waals surface area contributed by atoms with Gasteiger partial charge in [0, 0.05) is 32.5 Å². The molecule has 0 bridgehead atoms. The van der Waals surface area contributed by atoms with Crippen LogP contribution in [0.25, 0.3) is 0 Å². The maximum Gasteiger partial charge on any atom is 0.414 e. The number of carbonyl (C=O) groups excluding carboxylic acids is 2. The second-order valence-corrected chi connectivity index (χ2v) is 12.0. The van der Waals surface area contributed by atoms with Gasteiger partial charge >= 0.3 is 6.09 Å². The van der Waals surface area contributed by atoms with Crippen LogP contribution in [0.4, 0.5) is 16.2 Å². The van der Waals surface area contributed by atoms with Crippen LogP contribution in [0.1, 0.15) is 51.0 Å². The van der Waals surface area contributed by atoms with Gasteiger partial charge in [0.05, 0.1) is 35.0 Å². The van der Waals surface area contributed by atoms with Crippen molar-refractivity contribution in [2.24, 2.45) is 0 Å². The first kappa shape index (κ1) is 22.6. The Bertz CT molecular complexity index is 1040. The summed E-state index contributed by atoms with van der Waals surface area (Å²) < 4.78 is 28.9. The Morgan fingerprint density at radius 2 is 1.82 bits per heavy atom. The van der Waals surface area contributed by atoms with E-state index in [1.165, 1.54) is 0 Å². The minimum atomic E-state index is -2.89. The highest BCUT2D eigenvalue weighted by atomic mass is 32.2. The van der Waals surface area contributed by atoms with Crippen LogP contribution in [0.15, 0.2) is 18.2 Å². The first-order chi connectivity index (χ1) is 15.7. The summed E-state index contributed by atoms with van der Waals surface area (Å²) in [5.41, 5.74) is 5.82. The van der Waals surface area contributed by atoms with Crippen molar-refractivity contribution in [2.45, 2.75) is 63.6 Å². The lowest BCUT2D eigenvalue weighted by molar-refractivity contribution is -0.117. The zero-order valence-corrected chi connectivity index (χ0v) is 20.0. The van der Waals surface area contributed by atoms with Crippen molar-refractivity contribution in [1.29, 1.82) is 0 Å². The van der Waals surface area contributed by atoms with Crippen LogP contribution >= 0.6 is 0 Å². The van der Waals surface area contributed by atoms with Gasteiger partial charge < -0.3 is 9.64 Å². The lowest BCUT2D eigenvalue weighted by Gasteiger charge is -2.40. The number of amides is 2. The molecule has 0 radical (unpaired) electrons. The molecule has 2 atom stereocenters. The van der Waals surface area contributed by atoms with Gasteiger partial charge in [-0.3, -0.25) is 15.1 Å². The molecule has 3 heterocycles. The summed E-state index contributed by atoms with van der Waals surface area (Å²) in [6, 6.07) is 5.81. The minimum absolute atomic E-state index is 0.0181. The number of hydrazine groups is 1. The lowest BCUT2D eigenvalue weighted by Crippen LogP contribution is -2.55. The van der Waals surface area contributed by atoms with E-state index in [0.29, 0.717) is 25.3 Å².